The van der Waals surface area contributed by atoms with Crippen molar-refractivity contribution >= 4 is 41.1 Å². The zero-order chi connectivity index (χ0) is 15.7. The predicted octanol–water partition coefficient (Wildman–Crippen LogP) is 4.65. The highest BCUT2D eigenvalue weighted by Gasteiger charge is 2.25. The highest BCUT2D eigenvalue weighted by Crippen LogP contribution is 2.26. The monoisotopic (exact) mass is 331 g/mol. The zero-order valence-corrected chi connectivity index (χ0v) is 13.2. The number of ether oxygens (including phenoxy) is 1. The molecule has 1 aliphatic rings. The summed E-state index contributed by atoms with van der Waals surface area (Å²) in [6, 6.07) is 12.6. The fraction of sp³-hybridized carbons (Fsp3) is 0.0588. The van der Waals surface area contributed by atoms with Gasteiger partial charge in [0.2, 0.25) is 5.90 Å². The third-order valence-electron chi connectivity index (χ3n) is 3.25. The summed E-state index contributed by atoms with van der Waals surface area (Å²) in [7, 11) is 0. The first-order valence-corrected chi connectivity index (χ1v) is 7.34. The fourth-order valence-corrected chi connectivity index (χ4v) is 2.57. The molecule has 0 aromatic heterocycles. The van der Waals surface area contributed by atoms with Crippen LogP contribution in [0.2, 0.25) is 10.0 Å². The van der Waals surface area contributed by atoms with Crippen molar-refractivity contribution in [2.45, 2.75) is 6.92 Å². The van der Waals surface area contributed by atoms with Gasteiger partial charge in [-0.25, -0.2) is 9.79 Å². The van der Waals surface area contributed by atoms with Crippen molar-refractivity contribution in [1.82, 2.24) is 0 Å². The van der Waals surface area contributed by atoms with Gasteiger partial charge in [-0.1, -0.05) is 47.5 Å². The Labute approximate surface area is 137 Å². The average molecular weight is 332 g/mol. The van der Waals surface area contributed by atoms with Gasteiger partial charge >= 0.3 is 5.97 Å². The lowest BCUT2D eigenvalue weighted by molar-refractivity contribution is -0.129. The molecule has 22 heavy (non-hydrogen) atoms. The number of rotatable bonds is 2. The lowest BCUT2D eigenvalue weighted by atomic mass is 10.1. The van der Waals surface area contributed by atoms with Crippen molar-refractivity contribution in [2.24, 2.45) is 4.99 Å². The van der Waals surface area contributed by atoms with E-state index >= 15 is 0 Å². The van der Waals surface area contributed by atoms with Crippen LogP contribution in [0.5, 0.6) is 0 Å². The number of carbonyl (C=O) groups is 1. The van der Waals surface area contributed by atoms with E-state index in [0.717, 1.165) is 11.1 Å². The van der Waals surface area contributed by atoms with Crippen LogP contribution in [0.3, 0.4) is 0 Å². The van der Waals surface area contributed by atoms with Gasteiger partial charge in [-0.2, -0.15) is 0 Å². The Bertz CT molecular complexity index is 825. The summed E-state index contributed by atoms with van der Waals surface area (Å²) in [6.07, 6.45) is 1.59. The van der Waals surface area contributed by atoms with Gasteiger partial charge in [0.25, 0.3) is 0 Å². The van der Waals surface area contributed by atoms with E-state index in [4.69, 9.17) is 27.9 Å². The van der Waals surface area contributed by atoms with Crippen molar-refractivity contribution in [1.29, 1.82) is 0 Å². The first-order valence-electron chi connectivity index (χ1n) is 6.58. The molecule has 0 saturated heterocycles. The summed E-state index contributed by atoms with van der Waals surface area (Å²) in [5, 5.41) is 0.984. The Balaban J connectivity index is 2.00. The summed E-state index contributed by atoms with van der Waals surface area (Å²) in [5.41, 5.74) is 2.65. The molecule has 0 spiro atoms. The van der Waals surface area contributed by atoms with Gasteiger partial charge in [-0.3, -0.25) is 0 Å². The molecule has 0 bridgehead atoms. The van der Waals surface area contributed by atoms with Gasteiger partial charge in [-0.05, 0) is 42.3 Å². The second-order valence-corrected chi connectivity index (χ2v) is 5.66. The summed E-state index contributed by atoms with van der Waals surface area (Å²) >= 11 is 12.0. The Morgan fingerprint density at radius 1 is 1.14 bits per heavy atom. The SMILES string of the molecule is Cc1ccccc1C1=N/C(=C/c2ccc(Cl)cc2Cl)C(=O)O1. The molecular weight excluding hydrogens is 321 g/mol. The quantitative estimate of drug-likeness (QED) is 0.593. The van der Waals surface area contributed by atoms with E-state index in [0.29, 0.717) is 21.5 Å². The van der Waals surface area contributed by atoms with Crippen LogP contribution in [-0.2, 0) is 9.53 Å². The highest BCUT2D eigenvalue weighted by molar-refractivity contribution is 6.35. The van der Waals surface area contributed by atoms with E-state index in [1.54, 1.807) is 24.3 Å². The predicted molar refractivity (Wildman–Crippen MR) is 88.2 cm³/mol. The van der Waals surface area contributed by atoms with E-state index < -0.39 is 5.97 Å². The van der Waals surface area contributed by atoms with E-state index in [2.05, 4.69) is 4.99 Å². The van der Waals surface area contributed by atoms with E-state index in [-0.39, 0.29) is 5.70 Å². The number of hydrogen-bond acceptors (Lipinski definition) is 3. The molecule has 0 amide bonds. The minimum absolute atomic E-state index is 0.211. The molecule has 0 fully saturated rings. The lowest BCUT2D eigenvalue weighted by Crippen LogP contribution is -2.06. The lowest BCUT2D eigenvalue weighted by Gasteiger charge is -2.02. The maximum Gasteiger partial charge on any atom is 0.363 e. The van der Waals surface area contributed by atoms with Crippen molar-refractivity contribution in [3.8, 4) is 0 Å². The summed E-state index contributed by atoms with van der Waals surface area (Å²) in [5.74, 6) is -0.191. The maximum atomic E-state index is 12.0. The Kier molecular flexibility index (Phi) is 4.01. The highest BCUT2D eigenvalue weighted by atomic mass is 35.5. The second kappa shape index (κ2) is 5.95. The minimum Gasteiger partial charge on any atom is -0.402 e. The van der Waals surface area contributed by atoms with Crippen LogP contribution in [0, 0.1) is 6.92 Å². The summed E-state index contributed by atoms with van der Waals surface area (Å²) in [6.45, 7) is 1.93. The van der Waals surface area contributed by atoms with Gasteiger partial charge in [0, 0.05) is 15.6 Å². The zero-order valence-electron chi connectivity index (χ0n) is 11.6. The van der Waals surface area contributed by atoms with Crippen molar-refractivity contribution < 1.29 is 9.53 Å². The van der Waals surface area contributed by atoms with Gasteiger partial charge < -0.3 is 4.74 Å². The fourth-order valence-electron chi connectivity index (χ4n) is 2.10. The minimum atomic E-state index is -0.496. The number of cyclic esters (lactones) is 1. The maximum absolute atomic E-state index is 12.0. The average Bonchev–Trinajstić information content (AvgIpc) is 2.83. The Morgan fingerprint density at radius 2 is 1.91 bits per heavy atom. The third kappa shape index (κ3) is 2.91. The molecule has 3 rings (SSSR count). The molecule has 1 heterocycles. The second-order valence-electron chi connectivity index (χ2n) is 4.82. The number of aryl methyl sites for hydroxylation is 1. The van der Waals surface area contributed by atoms with Gasteiger partial charge in [0.05, 0.1) is 0 Å². The van der Waals surface area contributed by atoms with Crippen LogP contribution in [0.25, 0.3) is 6.08 Å². The van der Waals surface area contributed by atoms with Crippen molar-refractivity contribution in [3.05, 3.63) is 74.9 Å². The number of nitrogens with zero attached hydrogens (tertiary/aromatic N) is 1. The van der Waals surface area contributed by atoms with Crippen LogP contribution >= 0.6 is 23.2 Å². The molecule has 0 N–H and O–H groups in total. The molecule has 0 atom stereocenters. The molecule has 110 valence electrons. The normalized spacial score (nSPS) is 15.9. The van der Waals surface area contributed by atoms with Crippen molar-refractivity contribution in [2.75, 3.05) is 0 Å². The topological polar surface area (TPSA) is 38.7 Å². The number of halogens is 2. The van der Waals surface area contributed by atoms with Crippen LogP contribution in [-0.4, -0.2) is 11.9 Å². The molecule has 3 nitrogen and oxygen atoms in total. The summed E-state index contributed by atoms with van der Waals surface area (Å²) in [4.78, 5) is 16.3. The van der Waals surface area contributed by atoms with E-state index in [1.807, 2.05) is 31.2 Å². The molecule has 5 heteroatoms. The third-order valence-corrected chi connectivity index (χ3v) is 3.81. The molecule has 2 aromatic rings. The van der Waals surface area contributed by atoms with Crippen LogP contribution in [0.4, 0.5) is 0 Å². The first-order chi connectivity index (χ1) is 10.5. The molecule has 1 aliphatic heterocycles. The number of aliphatic imine (C=N–C) groups is 1. The molecular formula is C17H11Cl2NO2. The molecule has 0 radical (unpaired) electrons. The van der Waals surface area contributed by atoms with Crippen LogP contribution in [0.1, 0.15) is 16.7 Å². The Hall–Kier alpha value is -2.10. The largest absolute Gasteiger partial charge is 0.402 e. The molecule has 0 saturated carbocycles. The van der Waals surface area contributed by atoms with Gasteiger partial charge in [0.1, 0.15) is 0 Å². The van der Waals surface area contributed by atoms with Crippen LogP contribution < -0.4 is 0 Å². The van der Waals surface area contributed by atoms with Crippen LogP contribution in [0.15, 0.2) is 53.2 Å². The number of carbonyl (C=O) groups excluding carboxylic acids is 1. The number of benzene rings is 2. The number of hydrogen-bond donors (Lipinski definition) is 0. The van der Waals surface area contributed by atoms with Crippen molar-refractivity contribution in [3.63, 3.8) is 0 Å². The van der Waals surface area contributed by atoms with E-state index in [1.165, 1.54) is 0 Å². The van der Waals surface area contributed by atoms with Gasteiger partial charge in [0.15, 0.2) is 5.70 Å². The number of esters is 1. The standard InChI is InChI=1S/C17H11Cl2NO2/c1-10-4-2-3-5-13(10)16-20-15(17(21)22-16)8-11-6-7-12(18)9-14(11)19/h2-9H,1H3/b15-8+. The van der Waals surface area contributed by atoms with Gasteiger partial charge in [-0.15, -0.1) is 0 Å². The molecule has 0 aliphatic carbocycles. The smallest absolute Gasteiger partial charge is 0.363 e. The summed E-state index contributed by atoms with van der Waals surface area (Å²) < 4.78 is 5.25. The molecule has 2 aromatic carbocycles. The Morgan fingerprint density at radius 3 is 2.64 bits per heavy atom. The van der Waals surface area contributed by atoms with E-state index in [9.17, 15) is 4.79 Å². The molecule has 0 unspecified atom stereocenters. The first kappa shape index (κ1) is 14.8.